The molecule has 2 atom stereocenters. The van der Waals surface area contributed by atoms with Gasteiger partial charge in [0.1, 0.15) is 0 Å². The molecule has 1 nitrogen and oxygen atoms in total. The van der Waals surface area contributed by atoms with Crippen LogP contribution in [-0.2, 0) is 0 Å². The van der Waals surface area contributed by atoms with Crippen LogP contribution in [0.1, 0.15) is 45.4 Å². The highest BCUT2D eigenvalue weighted by Crippen LogP contribution is 2.36. The Labute approximate surface area is 82.3 Å². The molecular weight excluding hydrogens is 158 g/mol. The lowest BCUT2D eigenvalue weighted by Crippen LogP contribution is -2.33. The van der Waals surface area contributed by atoms with Crippen molar-refractivity contribution in [1.29, 1.82) is 0 Å². The topological polar surface area (TPSA) is 12.0 Å². The van der Waals surface area contributed by atoms with Crippen LogP contribution in [0.15, 0.2) is 0 Å². The zero-order valence-electron chi connectivity index (χ0n) is 8.89. The van der Waals surface area contributed by atoms with E-state index < -0.39 is 0 Å². The molecule has 1 aliphatic heterocycles. The molecule has 2 unspecified atom stereocenters. The molecule has 0 radical (unpaired) electrons. The van der Waals surface area contributed by atoms with Crippen LogP contribution >= 0.6 is 0 Å². The summed E-state index contributed by atoms with van der Waals surface area (Å²) < 4.78 is 0. The quantitative estimate of drug-likeness (QED) is 0.656. The van der Waals surface area contributed by atoms with Crippen LogP contribution < -0.4 is 5.32 Å². The van der Waals surface area contributed by atoms with Crippen LogP contribution in [0.2, 0.25) is 0 Å². The number of rotatable bonds is 1. The van der Waals surface area contributed by atoms with Crippen molar-refractivity contribution in [2.45, 2.75) is 45.4 Å². The highest BCUT2D eigenvalue weighted by molar-refractivity contribution is 4.80. The molecule has 0 bridgehead atoms. The standard InChI is InChI=1S/C12H23N/c1-10-3-2-4-12(9-10)11-5-7-13-8-6-11/h10-13H,2-9H2,1H3. The molecule has 76 valence electrons. The number of piperidine rings is 1. The lowest BCUT2D eigenvalue weighted by Gasteiger charge is -2.35. The Kier molecular flexibility index (Phi) is 3.26. The molecule has 1 heterocycles. The molecule has 0 aromatic heterocycles. The summed E-state index contributed by atoms with van der Waals surface area (Å²) in [5, 5.41) is 3.47. The smallest absolute Gasteiger partial charge is 0.00462 e. The van der Waals surface area contributed by atoms with E-state index >= 15 is 0 Å². The third-order valence-corrected chi connectivity index (χ3v) is 4.03. The highest BCUT2D eigenvalue weighted by atomic mass is 14.9. The van der Waals surface area contributed by atoms with E-state index in [0.29, 0.717) is 0 Å². The average molecular weight is 181 g/mol. The lowest BCUT2D eigenvalue weighted by molar-refractivity contribution is 0.172. The summed E-state index contributed by atoms with van der Waals surface area (Å²) in [6, 6.07) is 0. The summed E-state index contributed by atoms with van der Waals surface area (Å²) >= 11 is 0. The van der Waals surface area contributed by atoms with Gasteiger partial charge in [-0.25, -0.2) is 0 Å². The molecule has 1 saturated heterocycles. The maximum absolute atomic E-state index is 3.47. The van der Waals surface area contributed by atoms with Gasteiger partial charge in [0.2, 0.25) is 0 Å². The average Bonchev–Trinajstić information content (AvgIpc) is 2.19. The molecule has 0 aromatic carbocycles. The van der Waals surface area contributed by atoms with Gasteiger partial charge in [-0.2, -0.15) is 0 Å². The van der Waals surface area contributed by atoms with Crippen LogP contribution in [-0.4, -0.2) is 13.1 Å². The minimum atomic E-state index is 1.01. The maximum Gasteiger partial charge on any atom is -0.00462 e. The van der Waals surface area contributed by atoms with Crippen molar-refractivity contribution < 1.29 is 0 Å². The third kappa shape index (κ3) is 2.46. The Morgan fingerprint density at radius 1 is 0.923 bits per heavy atom. The second-order valence-electron chi connectivity index (χ2n) is 5.12. The van der Waals surface area contributed by atoms with Crippen molar-refractivity contribution in [3.05, 3.63) is 0 Å². The van der Waals surface area contributed by atoms with E-state index in [1.54, 1.807) is 0 Å². The largest absolute Gasteiger partial charge is 0.317 e. The van der Waals surface area contributed by atoms with Crippen LogP contribution in [0.5, 0.6) is 0 Å². The van der Waals surface area contributed by atoms with Gasteiger partial charge in [-0.05, 0) is 50.1 Å². The first-order valence-corrected chi connectivity index (χ1v) is 6.07. The fraction of sp³-hybridized carbons (Fsp3) is 1.00. The van der Waals surface area contributed by atoms with Gasteiger partial charge in [-0.15, -0.1) is 0 Å². The monoisotopic (exact) mass is 181 g/mol. The molecule has 1 N–H and O–H groups in total. The van der Waals surface area contributed by atoms with E-state index in [2.05, 4.69) is 12.2 Å². The molecule has 0 spiro atoms. The number of hydrogen-bond donors (Lipinski definition) is 1. The molecule has 0 amide bonds. The van der Waals surface area contributed by atoms with E-state index in [1.807, 2.05) is 0 Å². The van der Waals surface area contributed by atoms with Crippen molar-refractivity contribution in [1.82, 2.24) is 5.32 Å². The van der Waals surface area contributed by atoms with Crippen LogP contribution in [0.4, 0.5) is 0 Å². The fourth-order valence-electron chi connectivity index (χ4n) is 3.22. The van der Waals surface area contributed by atoms with Gasteiger partial charge >= 0.3 is 0 Å². The van der Waals surface area contributed by atoms with Gasteiger partial charge in [0.05, 0.1) is 0 Å². The number of nitrogens with one attached hydrogen (secondary N) is 1. The Hall–Kier alpha value is -0.0400. The van der Waals surface area contributed by atoms with Crippen LogP contribution in [0, 0.1) is 17.8 Å². The van der Waals surface area contributed by atoms with E-state index in [-0.39, 0.29) is 0 Å². The van der Waals surface area contributed by atoms with Crippen molar-refractivity contribution in [2.75, 3.05) is 13.1 Å². The predicted molar refractivity (Wildman–Crippen MR) is 56.7 cm³/mol. The van der Waals surface area contributed by atoms with Gasteiger partial charge in [0.15, 0.2) is 0 Å². The Bertz CT molecular complexity index is 149. The summed E-state index contributed by atoms with van der Waals surface area (Å²) in [6.45, 7) is 4.98. The third-order valence-electron chi connectivity index (χ3n) is 4.03. The van der Waals surface area contributed by atoms with Crippen molar-refractivity contribution in [3.8, 4) is 0 Å². The summed E-state index contributed by atoms with van der Waals surface area (Å²) in [5.41, 5.74) is 0. The Morgan fingerprint density at radius 2 is 1.69 bits per heavy atom. The summed E-state index contributed by atoms with van der Waals surface area (Å²) in [5.74, 6) is 3.14. The zero-order chi connectivity index (χ0) is 9.10. The normalized spacial score (nSPS) is 37.6. The highest BCUT2D eigenvalue weighted by Gasteiger charge is 2.27. The molecule has 13 heavy (non-hydrogen) atoms. The van der Waals surface area contributed by atoms with Crippen molar-refractivity contribution in [3.63, 3.8) is 0 Å². The van der Waals surface area contributed by atoms with Crippen LogP contribution in [0.25, 0.3) is 0 Å². The van der Waals surface area contributed by atoms with E-state index in [4.69, 9.17) is 0 Å². The molecular formula is C12H23N. The molecule has 1 saturated carbocycles. The maximum atomic E-state index is 3.47. The SMILES string of the molecule is CC1CCCC(C2CCNCC2)C1. The van der Waals surface area contributed by atoms with Gasteiger partial charge < -0.3 is 5.32 Å². The second-order valence-corrected chi connectivity index (χ2v) is 5.12. The first-order chi connectivity index (χ1) is 6.36. The molecule has 2 rings (SSSR count). The summed E-state index contributed by atoms with van der Waals surface area (Å²) in [6.07, 6.45) is 8.91. The van der Waals surface area contributed by atoms with E-state index in [0.717, 1.165) is 17.8 Å². The Morgan fingerprint density at radius 3 is 2.38 bits per heavy atom. The zero-order valence-corrected chi connectivity index (χ0v) is 8.89. The summed E-state index contributed by atoms with van der Waals surface area (Å²) in [7, 11) is 0. The number of hydrogen-bond acceptors (Lipinski definition) is 1. The minimum Gasteiger partial charge on any atom is -0.317 e. The molecule has 2 aliphatic rings. The molecule has 1 aliphatic carbocycles. The molecule has 0 aromatic rings. The van der Waals surface area contributed by atoms with Crippen LogP contribution in [0.3, 0.4) is 0 Å². The van der Waals surface area contributed by atoms with Gasteiger partial charge in [0.25, 0.3) is 0 Å². The first kappa shape index (κ1) is 9.51. The van der Waals surface area contributed by atoms with Crippen molar-refractivity contribution >= 4 is 0 Å². The van der Waals surface area contributed by atoms with E-state index in [9.17, 15) is 0 Å². The van der Waals surface area contributed by atoms with Crippen molar-refractivity contribution in [2.24, 2.45) is 17.8 Å². The molecule has 1 heteroatoms. The lowest BCUT2D eigenvalue weighted by atomic mass is 9.73. The van der Waals surface area contributed by atoms with Gasteiger partial charge in [-0.1, -0.05) is 26.2 Å². The molecule has 2 fully saturated rings. The fourth-order valence-corrected chi connectivity index (χ4v) is 3.22. The first-order valence-electron chi connectivity index (χ1n) is 6.07. The summed E-state index contributed by atoms with van der Waals surface area (Å²) in [4.78, 5) is 0. The predicted octanol–water partition coefficient (Wildman–Crippen LogP) is 2.81. The second kappa shape index (κ2) is 4.45. The Balaban J connectivity index is 1.83. The van der Waals surface area contributed by atoms with Gasteiger partial charge in [0, 0.05) is 0 Å². The van der Waals surface area contributed by atoms with Gasteiger partial charge in [-0.3, -0.25) is 0 Å². The van der Waals surface area contributed by atoms with E-state index in [1.165, 1.54) is 51.6 Å². The minimum absolute atomic E-state index is 1.01.